The summed E-state index contributed by atoms with van der Waals surface area (Å²) in [5, 5.41) is 2.98. The number of methoxy groups -OCH3 is 1. The fraction of sp³-hybridized carbons (Fsp3) is 0.629. The van der Waals surface area contributed by atoms with Crippen molar-refractivity contribution in [3.8, 4) is 11.5 Å². The van der Waals surface area contributed by atoms with Gasteiger partial charge in [-0.1, -0.05) is 126 Å². The summed E-state index contributed by atoms with van der Waals surface area (Å²) < 4.78 is 11.5. The van der Waals surface area contributed by atoms with Crippen LogP contribution in [0.15, 0.2) is 42.5 Å². The van der Waals surface area contributed by atoms with E-state index in [2.05, 4.69) is 49.5 Å². The third-order valence-electron chi connectivity index (χ3n) is 7.49. The molecule has 4 nitrogen and oxygen atoms in total. The van der Waals surface area contributed by atoms with Gasteiger partial charge in [0.05, 0.1) is 13.7 Å². The van der Waals surface area contributed by atoms with Crippen molar-refractivity contribution < 1.29 is 14.3 Å². The Morgan fingerprint density at radius 1 is 0.744 bits per heavy atom. The van der Waals surface area contributed by atoms with E-state index in [0.29, 0.717) is 26.0 Å². The summed E-state index contributed by atoms with van der Waals surface area (Å²) in [6.07, 6.45) is 21.5. The molecule has 0 radical (unpaired) electrons. The maximum atomic E-state index is 12.1. The standard InChI is InChI=1S/C35H55NO3/c1-4-5-6-7-8-9-10-11-12-13-14-15-16-17-19-32-25-26-33(28-34(32)38-3)39-27-18-20-35(37)36-29-31-23-21-30(2)22-24-31/h21-26,28H,4-20,27,29H2,1-3H3,(H,36,37). The van der Waals surface area contributed by atoms with E-state index in [-0.39, 0.29) is 5.91 Å². The minimum atomic E-state index is 0.0558. The van der Waals surface area contributed by atoms with E-state index in [9.17, 15) is 4.79 Å². The van der Waals surface area contributed by atoms with Gasteiger partial charge in [-0.05, 0) is 43.4 Å². The molecule has 0 saturated carbocycles. The number of aryl methyl sites for hydroxylation is 2. The highest BCUT2D eigenvalue weighted by Gasteiger charge is 2.07. The van der Waals surface area contributed by atoms with E-state index < -0.39 is 0 Å². The highest BCUT2D eigenvalue weighted by molar-refractivity contribution is 5.75. The van der Waals surface area contributed by atoms with Crippen LogP contribution < -0.4 is 14.8 Å². The first kappa shape index (κ1) is 32.7. The molecule has 0 saturated heterocycles. The summed E-state index contributed by atoms with van der Waals surface area (Å²) in [4.78, 5) is 12.1. The predicted octanol–water partition coefficient (Wildman–Crippen LogP) is 9.50. The van der Waals surface area contributed by atoms with E-state index in [1.165, 1.54) is 101 Å². The van der Waals surface area contributed by atoms with Crippen LogP contribution in [0.4, 0.5) is 0 Å². The second kappa shape index (κ2) is 21.3. The van der Waals surface area contributed by atoms with Crippen LogP contribution in [0.5, 0.6) is 11.5 Å². The minimum absolute atomic E-state index is 0.0558. The van der Waals surface area contributed by atoms with Gasteiger partial charge in [-0.15, -0.1) is 0 Å². The van der Waals surface area contributed by atoms with Gasteiger partial charge in [0, 0.05) is 19.0 Å². The average Bonchev–Trinajstić information content (AvgIpc) is 2.95. The monoisotopic (exact) mass is 537 g/mol. The van der Waals surface area contributed by atoms with E-state index in [1.807, 2.05) is 12.1 Å². The maximum Gasteiger partial charge on any atom is 0.220 e. The predicted molar refractivity (Wildman–Crippen MR) is 165 cm³/mol. The van der Waals surface area contributed by atoms with Crippen LogP contribution in [-0.2, 0) is 17.8 Å². The van der Waals surface area contributed by atoms with Crippen LogP contribution in [0, 0.1) is 6.92 Å². The molecular formula is C35H55NO3. The zero-order chi connectivity index (χ0) is 28.0. The molecule has 218 valence electrons. The lowest BCUT2D eigenvalue weighted by Gasteiger charge is -2.12. The number of carbonyl (C=O) groups excluding carboxylic acids is 1. The first-order valence-corrected chi connectivity index (χ1v) is 15.7. The molecule has 0 aliphatic carbocycles. The first-order chi connectivity index (χ1) is 19.1. The Balaban J connectivity index is 1.50. The number of carbonyl (C=O) groups is 1. The smallest absolute Gasteiger partial charge is 0.220 e. The number of ether oxygens (including phenoxy) is 2. The maximum absolute atomic E-state index is 12.1. The fourth-order valence-corrected chi connectivity index (χ4v) is 4.95. The molecule has 0 aliphatic heterocycles. The van der Waals surface area contributed by atoms with Crippen LogP contribution >= 0.6 is 0 Å². The molecular weight excluding hydrogens is 482 g/mol. The van der Waals surface area contributed by atoms with Crippen LogP contribution in [-0.4, -0.2) is 19.6 Å². The van der Waals surface area contributed by atoms with Crippen molar-refractivity contribution in [2.75, 3.05) is 13.7 Å². The van der Waals surface area contributed by atoms with Crippen molar-refractivity contribution in [3.63, 3.8) is 0 Å². The van der Waals surface area contributed by atoms with Crippen molar-refractivity contribution >= 4 is 5.91 Å². The first-order valence-electron chi connectivity index (χ1n) is 15.7. The molecule has 4 heteroatoms. The largest absolute Gasteiger partial charge is 0.496 e. The van der Waals surface area contributed by atoms with Crippen LogP contribution in [0.2, 0.25) is 0 Å². The number of nitrogens with one attached hydrogen (secondary N) is 1. The number of rotatable bonds is 23. The quantitative estimate of drug-likeness (QED) is 0.144. The summed E-state index contributed by atoms with van der Waals surface area (Å²) in [5.74, 6) is 1.76. The summed E-state index contributed by atoms with van der Waals surface area (Å²) in [7, 11) is 1.73. The van der Waals surface area contributed by atoms with Gasteiger partial charge in [0.1, 0.15) is 11.5 Å². The Kier molecular flexibility index (Phi) is 17.9. The van der Waals surface area contributed by atoms with Crippen molar-refractivity contribution in [2.45, 2.75) is 130 Å². The fourth-order valence-electron chi connectivity index (χ4n) is 4.95. The second-order valence-electron chi connectivity index (χ2n) is 11.0. The summed E-state index contributed by atoms with van der Waals surface area (Å²) in [6.45, 7) is 5.43. The third kappa shape index (κ3) is 15.6. The normalized spacial score (nSPS) is 10.9. The molecule has 2 rings (SSSR count). The lowest BCUT2D eigenvalue weighted by Crippen LogP contribution is -2.22. The molecule has 0 spiro atoms. The highest BCUT2D eigenvalue weighted by atomic mass is 16.5. The number of hydrogen-bond donors (Lipinski definition) is 1. The molecule has 0 aliphatic rings. The van der Waals surface area contributed by atoms with Crippen LogP contribution in [0.1, 0.15) is 126 Å². The highest BCUT2D eigenvalue weighted by Crippen LogP contribution is 2.26. The van der Waals surface area contributed by atoms with Gasteiger partial charge >= 0.3 is 0 Å². The molecule has 0 unspecified atom stereocenters. The molecule has 39 heavy (non-hydrogen) atoms. The lowest BCUT2D eigenvalue weighted by atomic mass is 10.0. The summed E-state index contributed by atoms with van der Waals surface area (Å²) in [6, 6.07) is 14.4. The van der Waals surface area contributed by atoms with Crippen molar-refractivity contribution in [1.82, 2.24) is 5.32 Å². The van der Waals surface area contributed by atoms with Gasteiger partial charge in [0.25, 0.3) is 0 Å². The van der Waals surface area contributed by atoms with Crippen LogP contribution in [0.25, 0.3) is 0 Å². The van der Waals surface area contributed by atoms with E-state index in [1.54, 1.807) is 7.11 Å². The zero-order valence-electron chi connectivity index (χ0n) is 25.2. The molecule has 0 fully saturated rings. The molecule has 0 bridgehead atoms. The zero-order valence-corrected chi connectivity index (χ0v) is 25.2. The van der Waals surface area contributed by atoms with Crippen molar-refractivity contribution in [1.29, 1.82) is 0 Å². The molecule has 0 atom stereocenters. The van der Waals surface area contributed by atoms with Gasteiger partial charge in [-0.3, -0.25) is 4.79 Å². The number of hydrogen-bond acceptors (Lipinski definition) is 3. The second-order valence-corrected chi connectivity index (χ2v) is 11.0. The average molecular weight is 538 g/mol. The molecule has 2 aromatic carbocycles. The SMILES string of the molecule is CCCCCCCCCCCCCCCCc1ccc(OCCCC(=O)NCc2ccc(C)cc2)cc1OC. The molecule has 2 aromatic rings. The van der Waals surface area contributed by atoms with Crippen LogP contribution in [0.3, 0.4) is 0 Å². The van der Waals surface area contributed by atoms with Gasteiger partial charge in [0.2, 0.25) is 5.91 Å². The summed E-state index contributed by atoms with van der Waals surface area (Å²) >= 11 is 0. The lowest BCUT2D eigenvalue weighted by molar-refractivity contribution is -0.121. The topological polar surface area (TPSA) is 47.6 Å². The Morgan fingerprint density at radius 3 is 1.92 bits per heavy atom. The summed E-state index contributed by atoms with van der Waals surface area (Å²) in [5.41, 5.74) is 3.59. The van der Waals surface area contributed by atoms with E-state index in [4.69, 9.17) is 9.47 Å². The Bertz CT molecular complexity index is 893. The molecule has 1 amide bonds. The Labute approximate surface area is 239 Å². The Morgan fingerprint density at radius 2 is 1.33 bits per heavy atom. The van der Waals surface area contributed by atoms with Crippen molar-refractivity contribution in [2.24, 2.45) is 0 Å². The minimum Gasteiger partial charge on any atom is -0.496 e. The van der Waals surface area contributed by atoms with Gasteiger partial charge in [-0.25, -0.2) is 0 Å². The Hall–Kier alpha value is -2.49. The van der Waals surface area contributed by atoms with Gasteiger partial charge < -0.3 is 14.8 Å². The molecule has 1 N–H and O–H groups in total. The van der Waals surface area contributed by atoms with Crippen molar-refractivity contribution in [3.05, 3.63) is 59.2 Å². The van der Waals surface area contributed by atoms with E-state index >= 15 is 0 Å². The molecule has 0 heterocycles. The third-order valence-corrected chi connectivity index (χ3v) is 7.49. The van der Waals surface area contributed by atoms with Gasteiger partial charge in [0.15, 0.2) is 0 Å². The van der Waals surface area contributed by atoms with E-state index in [0.717, 1.165) is 23.5 Å². The van der Waals surface area contributed by atoms with Gasteiger partial charge in [-0.2, -0.15) is 0 Å². The number of amides is 1. The number of benzene rings is 2. The number of unbranched alkanes of at least 4 members (excludes halogenated alkanes) is 13. The molecule has 0 aromatic heterocycles.